The molecule has 0 spiro atoms. The predicted octanol–water partition coefficient (Wildman–Crippen LogP) is 2.12. The number of sulfone groups is 1. The Morgan fingerprint density at radius 3 is 2.74 bits per heavy atom. The van der Waals surface area contributed by atoms with Crippen LogP contribution in [0.5, 0.6) is 0 Å². The fraction of sp³-hybridized carbons (Fsp3) is 0.0667. The van der Waals surface area contributed by atoms with Gasteiger partial charge in [-0.15, -0.1) is 0 Å². The van der Waals surface area contributed by atoms with Gasteiger partial charge in [0.15, 0.2) is 9.84 Å². The Bertz CT molecular complexity index is 943. The molecule has 0 saturated heterocycles. The van der Waals surface area contributed by atoms with E-state index in [4.69, 9.17) is 4.42 Å². The molecule has 0 aliphatic heterocycles. The number of carbonyl (C=O) groups excluding carboxylic acids is 1. The zero-order valence-electron chi connectivity index (χ0n) is 12.1. The maximum Gasteiger partial charge on any atom is 0.259 e. The summed E-state index contributed by atoms with van der Waals surface area (Å²) in [6, 6.07) is 8.06. The second-order valence-electron chi connectivity index (χ2n) is 4.88. The first-order valence-corrected chi connectivity index (χ1v) is 8.52. The van der Waals surface area contributed by atoms with Gasteiger partial charge in [0.05, 0.1) is 40.5 Å². The van der Waals surface area contributed by atoms with Crippen molar-refractivity contribution in [2.75, 3.05) is 11.6 Å². The van der Waals surface area contributed by atoms with Crippen LogP contribution in [0.25, 0.3) is 5.69 Å². The van der Waals surface area contributed by atoms with Crippen molar-refractivity contribution in [2.45, 2.75) is 4.90 Å². The highest BCUT2D eigenvalue weighted by atomic mass is 32.2. The van der Waals surface area contributed by atoms with Crippen LogP contribution in [-0.4, -0.2) is 30.4 Å². The zero-order chi connectivity index (χ0) is 16.4. The highest BCUT2D eigenvalue weighted by Crippen LogP contribution is 2.20. The number of nitrogens with zero attached hydrogens (tertiary/aromatic N) is 2. The number of carbonyl (C=O) groups is 1. The van der Waals surface area contributed by atoms with Gasteiger partial charge in [0, 0.05) is 6.26 Å². The molecule has 0 fully saturated rings. The summed E-state index contributed by atoms with van der Waals surface area (Å²) >= 11 is 0. The molecule has 1 aromatic carbocycles. The van der Waals surface area contributed by atoms with Crippen LogP contribution >= 0.6 is 0 Å². The van der Waals surface area contributed by atoms with E-state index in [1.165, 1.54) is 29.5 Å². The number of amides is 1. The molecule has 23 heavy (non-hydrogen) atoms. The Balaban J connectivity index is 1.90. The van der Waals surface area contributed by atoms with Crippen molar-refractivity contribution in [1.82, 2.24) is 9.78 Å². The topological polar surface area (TPSA) is 94.2 Å². The van der Waals surface area contributed by atoms with Crippen molar-refractivity contribution in [3.8, 4) is 5.69 Å². The van der Waals surface area contributed by atoms with Crippen molar-refractivity contribution in [2.24, 2.45) is 0 Å². The molecule has 0 aliphatic rings. The highest BCUT2D eigenvalue weighted by molar-refractivity contribution is 7.90. The van der Waals surface area contributed by atoms with E-state index in [9.17, 15) is 13.2 Å². The van der Waals surface area contributed by atoms with Crippen LogP contribution in [0.15, 0.2) is 64.6 Å². The standard InChI is InChI=1S/C15H13N3O4S/c1-23(20,21)14-5-3-2-4-13(14)18-9-12(8-16-18)17-15(19)11-6-7-22-10-11/h2-10H,1H3,(H,17,19). The maximum atomic E-state index is 11.9. The summed E-state index contributed by atoms with van der Waals surface area (Å²) in [5, 5.41) is 6.77. The molecular weight excluding hydrogens is 318 g/mol. The van der Waals surface area contributed by atoms with E-state index in [1.807, 2.05) is 0 Å². The van der Waals surface area contributed by atoms with Crippen LogP contribution in [0.2, 0.25) is 0 Å². The Kier molecular flexibility index (Phi) is 3.75. The van der Waals surface area contributed by atoms with Gasteiger partial charge in [-0.2, -0.15) is 5.10 Å². The minimum Gasteiger partial charge on any atom is -0.472 e. The first kappa shape index (κ1) is 15.0. The number of aromatic nitrogens is 2. The highest BCUT2D eigenvalue weighted by Gasteiger charge is 2.15. The summed E-state index contributed by atoms with van der Waals surface area (Å²) in [4.78, 5) is 12.1. The van der Waals surface area contributed by atoms with E-state index >= 15 is 0 Å². The summed E-state index contributed by atoms with van der Waals surface area (Å²) in [6.07, 6.45) is 6.86. The van der Waals surface area contributed by atoms with Crippen LogP contribution in [-0.2, 0) is 9.84 Å². The van der Waals surface area contributed by atoms with Gasteiger partial charge in [-0.25, -0.2) is 13.1 Å². The molecule has 1 amide bonds. The molecule has 1 N–H and O–H groups in total. The third-order valence-corrected chi connectivity index (χ3v) is 4.28. The Morgan fingerprint density at radius 1 is 1.26 bits per heavy atom. The van der Waals surface area contributed by atoms with Crippen LogP contribution in [0.3, 0.4) is 0 Å². The first-order chi connectivity index (χ1) is 10.9. The number of furan rings is 1. The molecule has 0 unspecified atom stereocenters. The van der Waals surface area contributed by atoms with Crippen molar-refractivity contribution in [3.05, 3.63) is 60.8 Å². The van der Waals surface area contributed by atoms with Gasteiger partial charge in [0.25, 0.3) is 5.91 Å². The van der Waals surface area contributed by atoms with E-state index < -0.39 is 9.84 Å². The maximum absolute atomic E-state index is 11.9. The third-order valence-electron chi connectivity index (χ3n) is 3.14. The van der Waals surface area contributed by atoms with Gasteiger partial charge >= 0.3 is 0 Å². The van der Waals surface area contributed by atoms with E-state index in [2.05, 4.69) is 10.4 Å². The average Bonchev–Trinajstić information content (AvgIpc) is 3.18. The second-order valence-corrected chi connectivity index (χ2v) is 6.86. The molecule has 0 saturated carbocycles. The van der Waals surface area contributed by atoms with Crippen LogP contribution in [0.1, 0.15) is 10.4 Å². The molecule has 7 nitrogen and oxygen atoms in total. The van der Waals surface area contributed by atoms with Crippen molar-refractivity contribution >= 4 is 21.4 Å². The molecule has 0 bridgehead atoms. The number of rotatable bonds is 4. The normalized spacial score (nSPS) is 11.3. The molecule has 0 aliphatic carbocycles. The number of hydrogen-bond acceptors (Lipinski definition) is 5. The quantitative estimate of drug-likeness (QED) is 0.790. The summed E-state index contributed by atoms with van der Waals surface area (Å²) in [5.41, 5.74) is 1.24. The molecule has 0 atom stereocenters. The summed E-state index contributed by atoms with van der Waals surface area (Å²) in [5.74, 6) is -0.338. The predicted molar refractivity (Wildman–Crippen MR) is 83.3 cm³/mol. The van der Waals surface area contributed by atoms with E-state index in [0.29, 0.717) is 16.9 Å². The minimum atomic E-state index is -3.39. The fourth-order valence-corrected chi connectivity index (χ4v) is 2.94. The number of nitrogens with one attached hydrogen (secondary N) is 1. The van der Waals surface area contributed by atoms with E-state index in [-0.39, 0.29) is 10.8 Å². The Morgan fingerprint density at radius 2 is 2.04 bits per heavy atom. The average molecular weight is 331 g/mol. The summed E-state index contributed by atoms with van der Waals surface area (Å²) < 4.78 is 29.9. The zero-order valence-corrected chi connectivity index (χ0v) is 12.9. The third kappa shape index (κ3) is 3.16. The first-order valence-electron chi connectivity index (χ1n) is 6.63. The van der Waals surface area contributed by atoms with Gasteiger partial charge < -0.3 is 9.73 Å². The lowest BCUT2D eigenvalue weighted by Gasteiger charge is -2.07. The molecule has 8 heteroatoms. The summed E-state index contributed by atoms with van der Waals surface area (Å²) in [7, 11) is -3.39. The SMILES string of the molecule is CS(=O)(=O)c1ccccc1-n1cc(NC(=O)c2ccoc2)cn1. The lowest BCUT2D eigenvalue weighted by atomic mass is 10.3. The van der Waals surface area contributed by atoms with Crippen molar-refractivity contribution in [3.63, 3.8) is 0 Å². The second kappa shape index (κ2) is 5.73. The largest absolute Gasteiger partial charge is 0.472 e. The molecule has 2 aromatic heterocycles. The van der Waals surface area contributed by atoms with Gasteiger partial charge in [0.1, 0.15) is 6.26 Å². The molecule has 0 radical (unpaired) electrons. The van der Waals surface area contributed by atoms with Gasteiger partial charge in [-0.1, -0.05) is 12.1 Å². The molecule has 118 valence electrons. The van der Waals surface area contributed by atoms with Crippen molar-refractivity contribution < 1.29 is 17.6 Å². The molecule has 3 rings (SSSR count). The number of benzene rings is 1. The summed E-state index contributed by atoms with van der Waals surface area (Å²) in [6.45, 7) is 0. The van der Waals surface area contributed by atoms with Crippen LogP contribution in [0.4, 0.5) is 5.69 Å². The van der Waals surface area contributed by atoms with Crippen molar-refractivity contribution in [1.29, 1.82) is 0 Å². The van der Waals surface area contributed by atoms with Crippen LogP contribution in [0, 0.1) is 0 Å². The number of anilines is 1. The van der Waals surface area contributed by atoms with E-state index in [0.717, 1.165) is 6.26 Å². The smallest absolute Gasteiger partial charge is 0.259 e. The van der Waals surface area contributed by atoms with E-state index in [1.54, 1.807) is 30.5 Å². The molecule has 3 aromatic rings. The number of para-hydroxylation sites is 1. The van der Waals surface area contributed by atoms with Gasteiger partial charge in [-0.05, 0) is 18.2 Å². The van der Waals surface area contributed by atoms with Crippen LogP contribution < -0.4 is 5.32 Å². The minimum absolute atomic E-state index is 0.163. The lowest BCUT2D eigenvalue weighted by molar-refractivity contribution is 0.102. The monoisotopic (exact) mass is 331 g/mol. The Hall–Kier alpha value is -2.87. The fourth-order valence-electron chi connectivity index (χ4n) is 2.08. The van der Waals surface area contributed by atoms with Gasteiger partial charge in [-0.3, -0.25) is 4.79 Å². The Labute approximate surface area is 132 Å². The lowest BCUT2D eigenvalue weighted by Crippen LogP contribution is -2.10. The molecule has 2 heterocycles. The van der Waals surface area contributed by atoms with Gasteiger partial charge in [0.2, 0.25) is 0 Å². The number of hydrogen-bond donors (Lipinski definition) is 1. The molecular formula is C15H13N3O4S.